The molecule has 0 bridgehead atoms. The predicted octanol–water partition coefficient (Wildman–Crippen LogP) is 7.21. The molecule has 0 saturated carbocycles. The molecule has 3 aromatic carbocycles. The summed E-state index contributed by atoms with van der Waals surface area (Å²) in [6.45, 7) is 0. The summed E-state index contributed by atoms with van der Waals surface area (Å²) >= 11 is 7.00. The monoisotopic (exact) mass is 406 g/mol. The Labute approximate surface area is 180 Å². The van der Waals surface area contributed by atoms with Gasteiger partial charge in [-0.3, -0.25) is 9.97 Å². The number of nitrogens with zero attached hydrogens (tertiary/aromatic N) is 2. The molecule has 0 aliphatic rings. The Balaban J connectivity index is 1.76. The molecule has 2 aromatic heterocycles. The van der Waals surface area contributed by atoms with Crippen molar-refractivity contribution in [3.63, 3.8) is 0 Å². The molecule has 5 aromatic rings. The number of aromatic nitrogens is 2. The Bertz CT molecular complexity index is 1300. The summed E-state index contributed by atoms with van der Waals surface area (Å²) in [6.07, 6.45) is 4.68. The highest BCUT2D eigenvalue weighted by atomic mass is 35.5. The molecule has 0 saturated heterocycles. The quantitative estimate of drug-likeness (QED) is 0.315. The van der Waals surface area contributed by atoms with Crippen LogP contribution in [0.1, 0.15) is 11.1 Å². The SMILES string of the molecule is Clc1c(-c2ccccc2)ncc2c(Cc3ccccc3)cnc(-c3ccccc3)c12. The molecule has 5 rings (SSSR count). The fourth-order valence-electron chi connectivity index (χ4n) is 3.81. The third kappa shape index (κ3) is 3.47. The summed E-state index contributed by atoms with van der Waals surface area (Å²) in [7, 11) is 0. The molecule has 0 aliphatic carbocycles. The van der Waals surface area contributed by atoms with E-state index in [1.165, 1.54) is 5.56 Å². The van der Waals surface area contributed by atoms with Crippen LogP contribution < -0.4 is 0 Å². The third-order valence-corrected chi connectivity index (χ3v) is 5.65. The van der Waals surface area contributed by atoms with E-state index >= 15 is 0 Å². The molecule has 2 heterocycles. The Morgan fingerprint density at radius 1 is 0.600 bits per heavy atom. The summed E-state index contributed by atoms with van der Waals surface area (Å²) in [5, 5.41) is 2.63. The van der Waals surface area contributed by atoms with Gasteiger partial charge in [-0.2, -0.15) is 0 Å². The number of hydrogen-bond acceptors (Lipinski definition) is 2. The molecule has 0 atom stereocenters. The molecule has 0 N–H and O–H groups in total. The van der Waals surface area contributed by atoms with Gasteiger partial charge in [0, 0.05) is 34.3 Å². The molecule has 3 heteroatoms. The highest BCUT2D eigenvalue weighted by Crippen LogP contribution is 2.38. The van der Waals surface area contributed by atoms with E-state index in [4.69, 9.17) is 21.6 Å². The lowest BCUT2D eigenvalue weighted by Crippen LogP contribution is -1.97. The van der Waals surface area contributed by atoms with Gasteiger partial charge < -0.3 is 0 Å². The number of halogens is 1. The van der Waals surface area contributed by atoms with Crippen LogP contribution in [0.2, 0.25) is 5.02 Å². The maximum atomic E-state index is 7.00. The zero-order chi connectivity index (χ0) is 20.3. The van der Waals surface area contributed by atoms with E-state index in [0.717, 1.165) is 45.3 Å². The smallest absolute Gasteiger partial charge is 0.0895 e. The first-order valence-corrected chi connectivity index (χ1v) is 10.3. The fraction of sp³-hybridized carbons (Fsp3) is 0.0370. The first-order valence-electron chi connectivity index (χ1n) is 9.92. The van der Waals surface area contributed by atoms with Gasteiger partial charge in [-0.05, 0) is 17.5 Å². The zero-order valence-electron chi connectivity index (χ0n) is 16.3. The van der Waals surface area contributed by atoms with Crippen LogP contribution in [0.15, 0.2) is 103 Å². The van der Waals surface area contributed by atoms with Gasteiger partial charge in [0.2, 0.25) is 0 Å². The molecular formula is C27H19ClN2. The molecule has 2 nitrogen and oxygen atoms in total. The number of hydrogen-bond donors (Lipinski definition) is 0. The Morgan fingerprint density at radius 2 is 1.13 bits per heavy atom. The van der Waals surface area contributed by atoms with E-state index in [0.29, 0.717) is 5.02 Å². The van der Waals surface area contributed by atoms with Crippen LogP contribution in [-0.4, -0.2) is 9.97 Å². The van der Waals surface area contributed by atoms with Gasteiger partial charge in [-0.25, -0.2) is 0 Å². The summed E-state index contributed by atoms with van der Waals surface area (Å²) in [4.78, 5) is 9.61. The topological polar surface area (TPSA) is 25.8 Å². The van der Waals surface area contributed by atoms with Gasteiger partial charge in [0.1, 0.15) is 0 Å². The van der Waals surface area contributed by atoms with Crippen LogP contribution in [0, 0.1) is 0 Å². The Hall–Kier alpha value is -3.49. The largest absolute Gasteiger partial charge is 0.255 e. The van der Waals surface area contributed by atoms with Crippen molar-refractivity contribution in [2.75, 3.05) is 0 Å². The molecule has 144 valence electrons. The number of fused-ring (bicyclic) bond motifs is 1. The second kappa shape index (κ2) is 8.10. The minimum atomic E-state index is 0.639. The van der Waals surface area contributed by atoms with E-state index in [1.54, 1.807) is 0 Å². The van der Waals surface area contributed by atoms with Gasteiger partial charge >= 0.3 is 0 Å². The lowest BCUT2D eigenvalue weighted by Gasteiger charge is -2.14. The van der Waals surface area contributed by atoms with E-state index in [-0.39, 0.29) is 0 Å². The Kier molecular flexibility index (Phi) is 5.00. The van der Waals surface area contributed by atoms with Crippen LogP contribution in [0.5, 0.6) is 0 Å². The molecule has 30 heavy (non-hydrogen) atoms. The number of pyridine rings is 2. The zero-order valence-corrected chi connectivity index (χ0v) is 17.1. The second-order valence-electron chi connectivity index (χ2n) is 7.24. The van der Waals surface area contributed by atoms with E-state index in [2.05, 4.69) is 36.4 Å². The van der Waals surface area contributed by atoms with Crippen LogP contribution in [-0.2, 0) is 6.42 Å². The van der Waals surface area contributed by atoms with Crippen LogP contribution in [0.4, 0.5) is 0 Å². The van der Waals surface area contributed by atoms with Gasteiger partial charge in [-0.1, -0.05) is 103 Å². The summed E-state index contributed by atoms with van der Waals surface area (Å²) in [6, 6.07) is 30.6. The summed E-state index contributed by atoms with van der Waals surface area (Å²) in [5.41, 5.74) is 6.05. The molecule has 0 fully saturated rings. The normalized spacial score (nSPS) is 11.0. The maximum Gasteiger partial charge on any atom is 0.0895 e. The van der Waals surface area contributed by atoms with Crippen molar-refractivity contribution in [1.29, 1.82) is 0 Å². The van der Waals surface area contributed by atoms with Crippen molar-refractivity contribution in [2.45, 2.75) is 6.42 Å². The average molecular weight is 407 g/mol. The van der Waals surface area contributed by atoms with E-state index in [9.17, 15) is 0 Å². The van der Waals surface area contributed by atoms with Crippen molar-refractivity contribution in [1.82, 2.24) is 9.97 Å². The molecule has 0 spiro atoms. The molecular weight excluding hydrogens is 388 g/mol. The van der Waals surface area contributed by atoms with Crippen molar-refractivity contribution in [2.24, 2.45) is 0 Å². The van der Waals surface area contributed by atoms with Crippen molar-refractivity contribution in [3.05, 3.63) is 120 Å². The van der Waals surface area contributed by atoms with Crippen molar-refractivity contribution >= 4 is 22.4 Å². The standard InChI is InChI=1S/C27H19ClN2/c28-25-24-23(18-30-27(25)21-14-8-3-9-15-21)22(16-19-10-4-1-5-11-19)17-29-26(24)20-12-6-2-7-13-20/h1-15,17-18H,16H2. The predicted molar refractivity (Wildman–Crippen MR) is 125 cm³/mol. The van der Waals surface area contributed by atoms with Gasteiger partial charge in [0.25, 0.3) is 0 Å². The van der Waals surface area contributed by atoms with Crippen LogP contribution >= 0.6 is 11.6 Å². The molecule has 0 aliphatic heterocycles. The third-order valence-electron chi connectivity index (χ3n) is 5.28. The first kappa shape index (κ1) is 18.5. The molecule has 0 amide bonds. The average Bonchev–Trinajstić information content (AvgIpc) is 2.81. The maximum absolute atomic E-state index is 7.00. The summed E-state index contributed by atoms with van der Waals surface area (Å²) < 4.78 is 0. The van der Waals surface area contributed by atoms with Gasteiger partial charge in [0.15, 0.2) is 0 Å². The minimum absolute atomic E-state index is 0.639. The Morgan fingerprint density at radius 3 is 1.77 bits per heavy atom. The number of benzene rings is 3. The van der Waals surface area contributed by atoms with E-state index in [1.807, 2.05) is 67.0 Å². The summed E-state index contributed by atoms with van der Waals surface area (Å²) in [5.74, 6) is 0. The fourth-order valence-corrected chi connectivity index (χ4v) is 4.16. The van der Waals surface area contributed by atoms with Crippen molar-refractivity contribution in [3.8, 4) is 22.5 Å². The molecule has 0 radical (unpaired) electrons. The lowest BCUT2D eigenvalue weighted by molar-refractivity contribution is 1.17. The minimum Gasteiger partial charge on any atom is -0.255 e. The van der Waals surface area contributed by atoms with Crippen LogP contribution in [0.3, 0.4) is 0 Å². The lowest BCUT2D eigenvalue weighted by atomic mass is 9.97. The second-order valence-corrected chi connectivity index (χ2v) is 7.61. The van der Waals surface area contributed by atoms with Crippen LogP contribution in [0.25, 0.3) is 33.3 Å². The first-order chi connectivity index (χ1) is 14.8. The molecule has 0 unspecified atom stereocenters. The number of rotatable bonds is 4. The van der Waals surface area contributed by atoms with Crippen molar-refractivity contribution < 1.29 is 0 Å². The van der Waals surface area contributed by atoms with Gasteiger partial charge in [0.05, 0.1) is 16.4 Å². The van der Waals surface area contributed by atoms with E-state index < -0.39 is 0 Å². The highest BCUT2D eigenvalue weighted by molar-refractivity contribution is 6.39. The van der Waals surface area contributed by atoms with Gasteiger partial charge in [-0.15, -0.1) is 0 Å². The highest BCUT2D eigenvalue weighted by Gasteiger charge is 2.17.